The molecule has 1 heterocycles. The second-order valence-electron chi connectivity index (χ2n) is 6.20. The number of carboxylic acid groups (broad SMARTS) is 1. The molecule has 2 aromatic rings. The summed E-state index contributed by atoms with van der Waals surface area (Å²) in [5.74, 6) is -0.989. The summed E-state index contributed by atoms with van der Waals surface area (Å²) in [6.07, 6.45) is 0. The number of aryl methyl sites for hydroxylation is 1. The molecule has 2 N–H and O–H groups in total. The van der Waals surface area contributed by atoms with E-state index in [-0.39, 0.29) is 5.69 Å². The van der Waals surface area contributed by atoms with Crippen molar-refractivity contribution in [2.24, 2.45) is 7.05 Å². The minimum atomic E-state index is -0.989. The number of methoxy groups -OCH3 is 1. The molecule has 0 spiro atoms. The Hall–Kier alpha value is -2.12. The molecular formula is C16H23N3O4. The van der Waals surface area contributed by atoms with Crippen molar-refractivity contribution in [2.45, 2.75) is 25.4 Å². The van der Waals surface area contributed by atoms with Crippen LogP contribution >= 0.6 is 0 Å². The van der Waals surface area contributed by atoms with Gasteiger partial charge in [-0.25, -0.2) is 4.79 Å². The van der Waals surface area contributed by atoms with E-state index in [1.165, 1.54) is 4.57 Å². The molecule has 0 saturated heterocycles. The van der Waals surface area contributed by atoms with Crippen molar-refractivity contribution in [3.05, 3.63) is 34.2 Å². The number of hydrogen-bond donors (Lipinski definition) is 2. The van der Waals surface area contributed by atoms with Gasteiger partial charge in [-0.2, -0.15) is 0 Å². The van der Waals surface area contributed by atoms with Gasteiger partial charge in [0.1, 0.15) is 6.04 Å². The second kappa shape index (κ2) is 6.17. The van der Waals surface area contributed by atoms with Crippen molar-refractivity contribution in [1.29, 1.82) is 0 Å². The van der Waals surface area contributed by atoms with Gasteiger partial charge < -0.3 is 15.2 Å². The number of benzene rings is 1. The molecule has 0 bridgehead atoms. The summed E-state index contributed by atoms with van der Waals surface area (Å²) in [5, 5.41) is 12.2. The lowest BCUT2D eigenvalue weighted by atomic mass is 10.0. The van der Waals surface area contributed by atoms with Crippen molar-refractivity contribution < 1.29 is 14.6 Å². The van der Waals surface area contributed by atoms with E-state index in [1.807, 2.05) is 19.9 Å². The van der Waals surface area contributed by atoms with Crippen LogP contribution in [0.3, 0.4) is 0 Å². The van der Waals surface area contributed by atoms with Crippen LogP contribution in [-0.2, 0) is 22.1 Å². The number of fused-ring (bicyclic) bond motifs is 1. The number of carbonyl (C=O) groups is 1. The highest BCUT2D eigenvalue weighted by Crippen LogP contribution is 2.27. The summed E-state index contributed by atoms with van der Waals surface area (Å²) in [7, 11) is 4.83. The van der Waals surface area contributed by atoms with Gasteiger partial charge >= 0.3 is 11.7 Å². The van der Waals surface area contributed by atoms with Crippen molar-refractivity contribution in [2.75, 3.05) is 20.8 Å². The highest BCUT2D eigenvalue weighted by molar-refractivity contribution is 5.87. The summed E-state index contributed by atoms with van der Waals surface area (Å²) < 4.78 is 8.39. The number of aromatic nitrogens is 2. The zero-order valence-corrected chi connectivity index (χ0v) is 14.1. The zero-order valence-electron chi connectivity index (χ0n) is 14.1. The molecule has 0 radical (unpaired) electrons. The molecule has 0 aliphatic heterocycles. The molecule has 0 amide bonds. The second-order valence-corrected chi connectivity index (χ2v) is 6.20. The Labute approximate surface area is 134 Å². The van der Waals surface area contributed by atoms with E-state index in [9.17, 15) is 14.7 Å². The third-order valence-electron chi connectivity index (χ3n) is 4.05. The number of carboxylic acids is 1. The Bertz CT molecular complexity index is 788. The van der Waals surface area contributed by atoms with Crippen LogP contribution in [0.15, 0.2) is 23.0 Å². The van der Waals surface area contributed by atoms with Gasteiger partial charge in [0, 0.05) is 19.7 Å². The van der Waals surface area contributed by atoms with Crippen LogP contribution in [0.5, 0.6) is 0 Å². The van der Waals surface area contributed by atoms with Gasteiger partial charge in [-0.05, 0) is 27.0 Å². The van der Waals surface area contributed by atoms with E-state index in [2.05, 4.69) is 5.32 Å². The fourth-order valence-electron chi connectivity index (χ4n) is 3.09. The SMILES string of the molecule is CNC(C(=O)O)c1cccc2c1n(C)c(=O)n2C(C)(C)COC. The predicted octanol–water partition coefficient (Wildman–Crippen LogP) is 1.07. The average molecular weight is 321 g/mol. The number of ether oxygens (including phenoxy) is 1. The molecule has 1 unspecified atom stereocenters. The van der Waals surface area contributed by atoms with Crippen LogP contribution in [0.1, 0.15) is 25.5 Å². The molecule has 0 aliphatic carbocycles. The molecule has 126 valence electrons. The maximum Gasteiger partial charge on any atom is 0.329 e. The summed E-state index contributed by atoms with van der Waals surface area (Å²) in [4.78, 5) is 24.2. The van der Waals surface area contributed by atoms with E-state index in [0.29, 0.717) is 23.2 Å². The molecule has 0 saturated carbocycles. The van der Waals surface area contributed by atoms with Crippen LogP contribution in [-0.4, -0.2) is 41.0 Å². The minimum absolute atomic E-state index is 0.199. The lowest BCUT2D eigenvalue weighted by Gasteiger charge is -2.25. The molecule has 0 fully saturated rings. The molecule has 23 heavy (non-hydrogen) atoms. The molecule has 0 aliphatic rings. The van der Waals surface area contributed by atoms with Crippen LogP contribution in [0.25, 0.3) is 11.0 Å². The van der Waals surface area contributed by atoms with Gasteiger partial charge in [0.05, 0.1) is 23.2 Å². The van der Waals surface area contributed by atoms with Gasteiger partial charge in [-0.3, -0.25) is 13.9 Å². The molecule has 1 atom stereocenters. The highest BCUT2D eigenvalue weighted by Gasteiger charge is 2.29. The zero-order chi connectivity index (χ0) is 17.4. The summed E-state index contributed by atoms with van der Waals surface area (Å²) >= 11 is 0. The van der Waals surface area contributed by atoms with Crippen molar-refractivity contribution in [3.63, 3.8) is 0 Å². The van der Waals surface area contributed by atoms with E-state index in [1.54, 1.807) is 37.9 Å². The van der Waals surface area contributed by atoms with Crippen molar-refractivity contribution in [1.82, 2.24) is 14.5 Å². The number of para-hydroxylation sites is 1. The predicted molar refractivity (Wildman–Crippen MR) is 87.8 cm³/mol. The molecule has 7 heteroatoms. The Morgan fingerprint density at radius 3 is 2.61 bits per heavy atom. The number of imidazole rings is 1. The smallest absolute Gasteiger partial charge is 0.329 e. The van der Waals surface area contributed by atoms with Crippen molar-refractivity contribution >= 4 is 17.0 Å². The van der Waals surface area contributed by atoms with Gasteiger partial charge in [0.25, 0.3) is 0 Å². The Morgan fingerprint density at radius 1 is 1.43 bits per heavy atom. The Kier molecular flexibility index (Phi) is 4.63. The van der Waals surface area contributed by atoms with E-state index in [4.69, 9.17) is 4.74 Å². The third-order valence-corrected chi connectivity index (χ3v) is 4.05. The lowest BCUT2D eigenvalue weighted by Crippen LogP contribution is -2.39. The largest absolute Gasteiger partial charge is 0.480 e. The summed E-state index contributed by atoms with van der Waals surface area (Å²) in [5.41, 5.74) is 1.11. The first-order chi connectivity index (χ1) is 10.8. The van der Waals surface area contributed by atoms with Gasteiger partial charge in [0.2, 0.25) is 0 Å². The minimum Gasteiger partial charge on any atom is -0.480 e. The third kappa shape index (κ3) is 2.77. The maximum atomic E-state index is 12.7. The number of nitrogens with zero attached hydrogens (tertiary/aromatic N) is 2. The van der Waals surface area contributed by atoms with Crippen LogP contribution < -0.4 is 11.0 Å². The van der Waals surface area contributed by atoms with E-state index in [0.717, 1.165) is 0 Å². The quantitative estimate of drug-likeness (QED) is 0.831. The standard InChI is InChI=1S/C16H23N3O4/c1-16(2,9-23-5)19-11-8-6-7-10(12(17-3)14(20)21)13(11)18(4)15(19)22/h6-8,12,17H,9H2,1-5H3,(H,20,21). The first kappa shape index (κ1) is 17.2. The van der Waals surface area contributed by atoms with Crippen LogP contribution in [0.4, 0.5) is 0 Å². The number of aliphatic carboxylic acids is 1. The molecule has 1 aromatic carbocycles. The molecule has 2 rings (SSSR count). The van der Waals surface area contributed by atoms with E-state index >= 15 is 0 Å². The Balaban J connectivity index is 2.84. The number of hydrogen-bond acceptors (Lipinski definition) is 4. The molecule has 7 nitrogen and oxygen atoms in total. The summed E-state index contributed by atoms with van der Waals surface area (Å²) in [6.45, 7) is 4.19. The summed E-state index contributed by atoms with van der Waals surface area (Å²) in [6, 6.07) is 4.44. The topological polar surface area (TPSA) is 85.5 Å². The van der Waals surface area contributed by atoms with E-state index < -0.39 is 17.6 Å². The monoisotopic (exact) mass is 321 g/mol. The number of likely N-dealkylation sites (N-methyl/N-ethyl adjacent to an activating group) is 1. The van der Waals surface area contributed by atoms with Gasteiger partial charge in [-0.1, -0.05) is 12.1 Å². The Morgan fingerprint density at radius 2 is 2.09 bits per heavy atom. The molecule has 1 aromatic heterocycles. The van der Waals surface area contributed by atoms with Crippen LogP contribution in [0.2, 0.25) is 0 Å². The fourth-order valence-corrected chi connectivity index (χ4v) is 3.09. The fraction of sp³-hybridized carbons (Fsp3) is 0.500. The first-order valence-electron chi connectivity index (χ1n) is 7.36. The lowest BCUT2D eigenvalue weighted by molar-refractivity contribution is -0.139. The van der Waals surface area contributed by atoms with Gasteiger partial charge in [-0.15, -0.1) is 0 Å². The first-order valence-corrected chi connectivity index (χ1v) is 7.36. The van der Waals surface area contributed by atoms with Gasteiger partial charge in [0.15, 0.2) is 0 Å². The normalized spacial score (nSPS) is 13.4. The maximum absolute atomic E-state index is 12.7. The average Bonchev–Trinajstić information content (AvgIpc) is 2.72. The number of nitrogens with one attached hydrogen (secondary N) is 1. The van der Waals surface area contributed by atoms with Crippen molar-refractivity contribution in [3.8, 4) is 0 Å². The van der Waals surface area contributed by atoms with Crippen LogP contribution in [0, 0.1) is 0 Å². The highest BCUT2D eigenvalue weighted by atomic mass is 16.5. The molecular weight excluding hydrogens is 298 g/mol. The number of rotatable bonds is 6.